The molecule has 0 bridgehead atoms. The van der Waals surface area contributed by atoms with E-state index < -0.39 is 17.9 Å². The summed E-state index contributed by atoms with van der Waals surface area (Å²) in [6.07, 6.45) is 0. The summed E-state index contributed by atoms with van der Waals surface area (Å²) < 4.78 is 10.0. The minimum Gasteiger partial charge on any atom is -0.466 e. The molecule has 186 valence electrons. The first-order valence-electron chi connectivity index (χ1n) is 10.9. The van der Waals surface area contributed by atoms with Gasteiger partial charge in [0, 0.05) is 11.6 Å². The Bertz CT molecular complexity index is 1310. The van der Waals surface area contributed by atoms with Gasteiger partial charge in [-0.25, -0.2) is 9.59 Å². The number of carbonyl (C=O) groups excluding carboxylic acids is 3. The Hall–Kier alpha value is -4.29. The average Bonchev–Trinajstić information content (AvgIpc) is 2.88. The van der Waals surface area contributed by atoms with E-state index >= 15 is 0 Å². The summed E-state index contributed by atoms with van der Waals surface area (Å²) in [5.74, 6) is -3.27. The van der Waals surface area contributed by atoms with Crippen molar-refractivity contribution in [2.75, 3.05) is 24.4 Å². The monoisotopic (exact) mass is 508 g/mol. The van der Waals surface area contributed by atoms with Crippen LogP contribution in [0, 0.1) is 17.2 Å². The zero-order chi connectivity index (χ0) is 26.6. The largest absolute Gasteiger partial charge is 0.466 e. The third kappa shape index (κ3) is 4.90. The highest BCUT2D eigenvalue weighted by molar-refractivity contribution is 6.34. The molecular weight excluding hydrogens is 484 g/mol. The standard InChI is InChI=1S/C26H25ClN4O5/c1-14(2)24(32)30-19-11-10-16(12-18(19)27)31-22(26(34)36-4)21(25(33)35-3)20(17(13-28)23(31)29)15-8-6-5-7-9-15/h5-12,14,20H,29H2,1-4H3,(H,30,32). The van der Waals surface area contributed by atoms with Gasteiger partial charge in [-0.15, -0.1) is 0 Å². The third-order valence-corrected chi connectivity index (χ3v) is 5.92. The number of hydrogen-bond acceptors (Lipinski definition) is 8. The number of allylic oxidation sites excluding steroid dienone is 1. The molecule has 10 heteroatoms. The maximum absolute atomic E-state index is 13.1. The summed E-state index contributed by atoms with van der Waals surface area (Å²) in [6, 6.07) is 15.3. The molecule has 1 heterocycles. The fourth-order valence-corrected chi connectivity index (χ4v) is 4.03. The normalized spacial score (nSPS) is 15.5. The first-order valence-corrected chi connectivity index (χ1v) is 11.3. The lowest BCUT2D eigenvalue weighted by molar-refractivity contribution is -0.139. The van der Waals surface area contributed by atoms with E-state index in [2.05, 4.69) is 11.4 Å². The van der Waals surface area contributed by atoms with Crippen LogP contribution in [0.15, 0.2) is 71.2 Å². The number of esters is 2. The Labute approximate surface area is 213 Å². The Morgan fingerprint density at radius 3 is 2.25 bits per heavy atom. The van der Waals surface area contributed by atoms with E-state index in [4.69, 9.17) is 26.8 Å². The van der Waals surface area contributed by atoms with Crippen molar-refractivity contribution in [2.24, 2.45) is 11.7 Å². The van der Waals surface area contributed by atoms with Gasteiger partial charge in [0.1, 0.15) is 11.5 Å². The molecule has 9 nitrogen and oxygen atoms in total. The Kier molecular flexibility index (Phi) is 8.02. The van der Waals surface area contributed by atoms with Gasteiger partial charge in [0.15, 0.2) is 0 Å². The molecule has 1 amide bonds. The molecule has 0 fully saturated rings. The first kappa shape index (κ1) is 26.3. The van der Waals surface area contributed by atoms with Crippen molar-refractivity contribution < 1.29 is 23.9 Å². The highest BCUT2D eigenvalue weighted by Crippen LogP contribution is 2.44. The van der Waals surface area contributed by atoms with Crippen LogP contribution in [0.5, 0.6) is 0 Å². The SMILES string of the molecule is COC(=O)C1=C(C(=O)OC)N(c2ccc(NC(=O)C(C)C)c(Cl)c2)C(N)=C(C#N)C1c1ccccc1. The number of carbonyl (C=O) groups is 3. The summed E-state index contributed by atoms with van der Waals surface area (Å²) in [4.78, 5) is 39.5. The van der Waals surface area contributed by atoms with Crippen molar-refractivity contribution in [3.8, 4) is 6.07 Å². The Morgan fingerprint density at radius 2 is 1.72 bits per heavy atom. The number of rotatable bonds is 6. The van der Waals surface area contributed by atoms with Crippen molar-refractivity contribution >= 4 is 40.8 Å². The van der Waals surface area contributed by atoms with E-state index in [1.165, 1.54) is 24.1 Å². The van der Waals surface area contributed by atoms with E-state index in [1.807, 2.05) is 0 Å². The highest BCUT2D eigenvalue weighted by atomic mass is 35.5. The van der Waals surface area contributed by atoms with Crippen LogP contribution in [0.3, 0.4) is 0 Å². The minimum absolute atomic E-state index is 0.0302. The van der Waals surface area contributed by atoms with E-state index in [1.54, 1.807) is 50.2 Å². The maximum atomic E-state index is 13.1. The van der Waals surface area contributed by atoms with Gasteiger partial charge in [0.25, 0.3) is 0 Å². The number of nitrogens with two attached hydrogens (primary N) is 1. The third-order valence-electron chi connectivity index (χ3n) is 5.60. The van der Waals surface area contributed by atoms with Crippen LogP contribution < -0.4 is 16.0 Å². The molecule has 2 aromatic rings. The number of ether oxygens (including phenoxy) is 2. The topological polar surface area (TPSA) is 135 Å². The fourth-order valence-electron chi connectivity index (χ4n) is 3.80. The summed E-state index contributed by atoms with van der Waals surface area (Å²) in [7, 11) is 2.34. The van der Waals surface area contributed by atoms with E-state index in [0.29, 0.717) is 11.3 Å². The number of nitrogens with one attached hydrogen (secondary N) is 1. The number of nitriles is 1. The van der Waals surface area contributed by atoms with Crippen LogP contribution in [0.4, 0.5) is 11.4 Å². The van der Waals surface area contributed by atoms with Gasteiger partial charge < -0.3 is 20.5 Å². The first-order chi connectivity index (χ1) is 17.2. The van der Waals surface area contributed by atoms with Gasteiger partial charge in [-0.1, -0.05) is 55.8 Å². The Balaban J connectivity index is 2.29. The van der Waals surface area contributed by atoms with Gasteiger partial charge in [0.05, 0.1) is 48.1 Å². The summed E-state index contributed by atoms with van der Waals surface area (Å²) >= 11 is 6.44. The van der Waals surface area contributed by atoms with Gasteiger partial charge in [0.2, 0.25) is 5.91 Å². The Morgan fingerprint density at radius 1 is 1.08 bits per heavy atom. The van der Waals surface area contributed by atoms with E-state index in [9.17, 15) is 19.6 Å². The summed E-state index contributed by atoms with van der Waals surface area (Å²) in [6.45, 7) is 3.48. The smallest absolute Gasteiger partial charge is 0.355 e. The zero-order valence-electron chi connectivity index (χ0n) is 20.2. The second-order valence-electron chi connectivity index (χ2n) is 8.14. The second-order valence-corrected chi connectivity index (χ2v) is 8.55. The molecule has 3 N–H and O–H groups in total. The van der Waals surface area contributed by atoms with Crippen molar-refractivity contribution in [1.82, 2.24) is 0 Å². The number of benzene rings is 2. The lowest BCUT2D eigenvalue weighted by atomic mass is 9.81. The number of nitrogens with zero attached hydrogens (tertiary/aromatic N) is 2. The molecule has 0 saturated heterocycles. The molecular formula is C26H25ClN4O5. The fraction of sp³-hybridized carbons (Fsp3) is 0.231. The van der Waals surface area contributed by atoms with E-state index in [-0.39, 0.29) is 45.2 Å². The quantitative estimate of drug-likeness (QED) is 0.562. The van der Waals surface area contributed by atoms with Crippen molar-refractivity contribution in [3.05, 3.63) is 81.8 Å². The van der Waals surface area contributed by atoms with Gasteiger partial charge in [-0.3, -0.25) is 9.69 Å². The van der Waals surface area contributed by atoms with Crippen LogP contribution in [0.2, 0.25) is 5.02 Å². The van der Waals surface area contributed by atoms with Crippen molar-refractivity contribution in [2.45, 2.75) is 19.8 Å². The molecule has 1 aliphatic heterocycles. The zero-order valence-corrected chi connectivity index (χ0v) is 20.9. The molecule has 3 rings (SSSR count). The molecule has 0 aliphatic carbocycles. The lowest BCUT2D eigenvalue weighted by Crippen LogP contribution is -2.40. The molecule has 1 atom stereocenters. The molecule has 1 aliphatic rings. The molecule has 0 radical (unpaired) electrons. The summed E-state index contributed by atoms with van der Waals surface area (Å²) in [5.41, 5.74) is 7.33. The molecule has 0 aromatic heterocycles. The molecule has 0 spiro atoms. The van der Waals surface area contributed by atoms with Crippen molar-refractivity contribution in [1.29, 1.82) is 5.26 Å². The van der Waals surface area contributed by atoms with Crippen molar-refractivity contribution in [3.63, 3.8) is 0 Å². The molecule has 1 unspecified atom stereocenters. The number of anilines is 2. The van der Waals surface area contributed by atoms with Gasteiger partial charge in [-0.2, -0.15) is 5.26 Å². The number of hydrogen-bond donors (Lipinski definition) is 2. The number of halogens is 1. The van der Waals surface area contributed by atoms with Crippen LogP contribution in [-0.4, -0.2) is 32.1 Å². The molecule has 36 heavy (non-hydrogen) atoms. The van der Waals surface area contributed by atoms with Crippen LogP contribution in [0.1, 0.15) is 25.3 Å². The van der Waals surface area contributed by atoms with Crippen LogP contribution >= 0.6 is 11.6 Å². The number of amides is 1. The lowest BCUT2D eigenvalue weighted by Gasteiger charge is -2.36. The average molecular weight is 509 g/mol. The predicted molar refractivity (Wildman–Crippen MR) is 134 cm³/mol. The van der Waals surface area contributed by atoms with E-state index in [0.717, 1.165) is 7.11 Å². The second kappa shape index (κ2) is 11.0. The van der Waals surface area contributed by atoms with Gasteiger partial charge in [-0.05, 0) is 23.8 Å². The molecule has 0 saturated carbocycles. The predicted octanol–water partition coefficient (Wildman–Crippen LogP) is 3.83. The maximum Gasteiger partial charge on any atom is 0.355 e. The van der Waals surface area contributed by atoms with Crippen LogP contribution in [-0.2, 0) is 23.9 Å². The number of methoxy groups -OCH3 is 2. The van der Waals surface area contributed by atoms with Crippen LogP contribution in [0.25, 0.3) is 0 Å². The minimum atomic E-state index is -0.978. The highest BCUT2D eigenvalue weighted by Gasteiger charge is 2.43. The van der Waals surface area contributed by atoms with Gasteiger partial charge >= 0.3 is 11.9 Å². The molecule has 2 aromatic carbocycles. The summed E-state index contributed by atoms with van der Waals surface area (Å²) in [5, 5.41) is 13.0.